The van der Waals surface area contributed by atoms with Gasteiger partial charge in [0, 0.05) is 11.2 Å². The van der Waals surface area contributed by atoms with Crippen LogP contribution >= 0.6 is 0 Å². The molecule has 7 atom stereocenters. The van der Waals surface area contributed by atoms with E-state index in [2.05, 4.69) is 10.6 Å². The van der Waals surface area contributed by atoms with Crippen molar-refractivity contribution in [3.8, 4) is 0 Å². The van der Waals surface area contributed by atoms with Crippen molar-refractivity contribution in [2.24, 2.45) is 17.8 Å². The fourth-order valence-corrected chi connectivity index (χ4v) is 7.09. The lowest BCUT2D eigenvalue weighted by Gasteiger charge is -2.38. The van der Waals surface area contributed by atoms with E-state index in [0.29, 0.717) is 18.5 Å². The van der Waals surface area contributed by atoms with Crippen molar-refractivity contribution in [1.29, 1.82) is 0 Å². The maximum atomic E-state index is 14.4. The highest BCUT2D eigenvalue weighted by Gasteiger charge is 2.80. The molecular formula is C31H39N3O5. The molecule has 8 nitrogen and oxygen atoms in total. The number of aliphatic hydroxyl groups excluding tert-OH is 1. The Morgan fingerprint density at radius 1 is 1.08 bits per heavy atom. The van der Waals surface area contributed by atoms with Crippen LogP contribution in [0.4, 0.5) is 5.69 Å². The van der Waals surface area contributed by atoms with Crippen molar-refractivity contribution in [3.05, 3.63) is 66.2 Å². The van der Waals surface area contributed by atoms with Crippen LogP contribution in [0.5, 0.6) is 0 Å². The molecule has 39 heavy (non-hydrogen) atoms. The number of likely N-dealkylation sites (tertiary alicyclic amines) is 1. The number of benzene rings is 2. The number of ether oxygens (including phenoxy) is 1. The van der Waals surface area contributed by atoms with E-state index in [9.17, 15) is 19.5 Å². The van der Waals surface area contributed by atoms with E-state index < -0.39 is 40.7 Å². The Morgan fingerprint density at radius 3 is 2.28 bits per heavy atom. The van der Waals surface area contributed by atoms with Crippen LogP contribution in [0.1, 0.15) is 46.6 Å². The van der Waals surface area contributed by atoms with Crippen LogP contribution in [-0.4, -0.2) is 63.2 Å². The number of anilines is 1. The van der Waals surface area contributed by atoms with Gasteiger partial charge in [-0.3, -0.25) is 14.4 Å². The fourth-order valence-electron chi connectivity index (χ4n) is 7.09. The van der Waals surface area contributed by atoms with E-state index in [1.54, 1.807) is 12.1 Å². The standard InChI is InChI=1S/C31H39N3O5/c1-19-17-31-24(23(30(19,5)39-31)26(36)32-21-14-10-7-11-15-21)28(38)34(25(31)27(37)33-29(2,3)4)22(18-35)16-20-12-8-6-9-13-20/h6-15,19,22-25,35H,16-18H2,1-5H3,(H,32,36)(H,33,37)/t19?,22-,23-,24+,25?,30+,31?/m1/s1. The largest absolute Gasteiger partial charge is 0.394 e. The van der Waals surface area contributed by atoms with Crippen molar-refractivity contribution < 1.29 is 24.2 Å². The van der Waals surface area contributed by atoms with E-state index >= 15 is 0 Å². The van der Waals surface area contributed by atoms with Gasteiger partial charge in [-0.25, -0.2) is 0 Å². The molecular weight excluding hydrogens is 494 g/mol. The summed E-state index contributed by atoms with van der Waals surface area (Å²) in [5.74, 6) is -2.65. The second-order valence-electron chi connectivity index (χ2n) is 12.6. The molecule has 2 aromatic carbocycles. The summed E-state index contributed by atoms with van der Waals surface area (Å²) in [6, 6.07) is 17.1. The number of aliphatic hydroxyl groups is 1. The van der Waals surface area contributed by atoms with Gasteiger partial charge < -0.3 is 25.4 Å². The number of nitrogens with one attached hydrogen (secondary N) is 2. The summed E-state index contributed by atoms with van der Waals surface area (Å²) in [5, 5.41) is 16.6. The topological polar surface area (TPSA) is 108 Å². The molecule has 2 bridgehead atoms. The van der Waals surface area contributed by atoms with Gasteiger partial charge in [0.05, 0.1) is 30.1 Å². The van der Waals surface area contributed by atoms with Crippen LogP contribution in [-0.2, 0) is 25.5 Å². The van der Waals surface area contributed by atoms with Crippen LogP contribution in [0.3, 0.4) is 0 Å². The smallest absolute Gasteiger partial charge is 0.246 e. The van der Waals surface area contributed by atoms with Gasteiger partial charge in [-0.05, 0) is 64.2 Å². The summed E-state index contributed by atoms with van der Waals surface area (Å²) in [4.78, 5) is 43.9. The third kappa shape index (κ3) is 4.53. The highest BCUT2D eigenvalue weighted by molar-refractivity contribution is 6.02. The number of carbonyl (C=O) groups excluding carboxylic acids is 3. The lowest BCUT2D eigenvalue weighted by Crippen LogP contribution is -2.60. The van der Waals surface area contributed by atoms with Gasteiger partial charge in [0.15, 0.2) is 0 Å². The minimum Gasteiger partial charge on any atom is -0.394 e. The van der Waals surface area contributed by atoms with Crippen LogP contribution in [0.15, 0.2) is 60.7 Å². The maximum Gasteiger partial charge on any atom is 0.246 e. The second kappa shape index (κ2) is 9.75. The quantitative estimate of drug-likeness (QED) is 0.507. The molecule has 3 heterocycles. The molecule has 0 radical (unpaired) electrons. The summed E-state index contributed by atoms with van der Waals surface area (Å²) in [6.07, 6.45) is 0.843. The number of fused-ring (bicyclic) bond motifs is 1. The number of hydrogen-bond acceptors (Lipinski definition) is 5. The van der Waals surface area contributed by atoms with Crippen molar-refractivity contribution in [2.75, 3.05) is 11.9 Å². The minimum atomic E-state index is -1.18. The molecule has 8 heteroatoms. The minimum absolute atomic E-state index is 0.0698. The maximum absolute atomic E-state index is 14.4. The number of amides is 3. The van der Waals surface area contributed by atoms with E-state index in [-0.39, 0.29) is 30.2 Å². The zero-order valence-electron chi connectivity index (χ0n) is 23.3. The molecule has 3 aliphatic heterocycles. The Balaban J connectivity index is 1.58. The third-order valence-corrected chi connectivity index (χ3v) is 8.74. The summed E-state index contributed by atoms with van der Waals surface area (Å²) in [7, 11) is 0. The average Bonchev–Trinajstić information content (AvgIpc) is 3.39. The van der Waals surface area contributed by atoms with Crippen LogP contribution < -0.4 is 10.6 Å². The van der Waals surface area contributed by atoms with E-state index in [1.807, 2.05) is 83.1 Å². The molecule has 5 rings (SSSR count). The predicted octanol–water partition coefficient (Wildman–Crippen LogP) is 3.15. The van der Waals surface area contributed by atoms with Crippen molar-refractivity contribution >= 4 is 23.4 Å². The first-order chi connectivity index (χ1) is 18.4. The lowest BCUT2D eigenvalue weighted by molar-refractivity contribution is -0.150. The molecule has 0 aliphatic carbocycles. The Bertz CT molecular complexity index is 1250. The van der Waals surface area contributed by atoms with Gasteiger partial charge in [0.1, 0.15) is 11.6 Å². The van der Waals surface area contributed by atoms with Gasteiger partial charge in [-0.2, -0.15) is 0 Å². The number of carbonyl (C=O) groups is 3. The highest BCUT2D eigenvalue weighted by atomic mass is 16.5. The SMILES string of the molecule is CC1CC23O[C@]1(C)[C@@H](C(=O)Nc1ccccc1)[C@H]2C(=O)N([C@@H](CO)Cc1ccccc1)C3C(=O)NC(C)(C)C. The molecule has 0 aromatic heterocycles. The summed E-state index contributed by atoms with van der Waals surface area (Å²) >= 11 is 0. The zero-order valence-corrected chi connectivity index (χ0v) is 23.3. The Kier molecular flexibility index (Phi) is 6.84. The lowest BCUT2D eigenvalue weighted by atomic mass is 9.62. The average molecular weight is 534 g/mol. The number of rotatable bonds is 7. The van der Waals surface area contributed by atoms with Crippen molar-refractivity contribution in [1.82, 2.24) is 10.2 Å². The van der Waals surface area contributed by atoms with Gasteiger partial charge in [0.2, 0.25) is 17.7 Å². The first-order valence-corrected chi connectivity index (χ1v) is 13.8. The Hall–Kier alpha value is -3.23. The van der Waals surface area contributed by atoms with Crippen molar-refractivity contribution in [2.45, 2.75) is 76.3 Å². The first-order valence-electron chi connectivity index (χ1n) is 13.8. The van der Waals surface area contributed by atoms with Gasteiger partial charge in [-0.15, -0.1) is 0 Å². The van der Waals surface area contributed by atoms with Gasteiger partial charge in [-0.1, -0.05) is 55.5 Å². The van der Waals surface area contributed by atoms with Crippen LogP contribution in [0, 0.1) is 17.8 Å². The molecule has 3 fully saturated rings. The zero-order chi connectivity index (χ0) is 28.2. The fraction of sp³-hybridized carbons (Fsp3) is 0.516. The van der Waals surface area contributed by atoms with Crippen molar-refractivity contribution in [3.63, 3.8) is 0 Å². The predicted molar refractivity (Wildman–Crippen MR) is 148 cm³/mol. The molecule has 3 unspecified atom stereocenters. The summed E-state index contributed by atoms with van der Waals surface area (Å²) in [5.41, 5.74) is -1.07. The molecule has 1 spiro atoms. The summed E-state index contributed by atoms with van der Waals surface area (Å²) in [6.45, 7) is 9.26. The third-order valence-electron chi connectivity index (χ3n) is 8.74. The molecule has 3 aliphatic rings. The van der Waals surface area contributed by atoms with Crippen LogP contribution in [0.25, 0.3) is 0 Å². The summed E-state index contributed by atoms with van der Waals surface area (Å²) < 4.78 is 6.78. The second-order valence-corrected chi connectivity index (χ2v) is 12.6. The van der Waals surface area contributed by atoms with E-state index in [0.717, 1.165) is 5.56 Å². The normalized spacial score (nSPS) is 32.2. The molecule has 3 saturated heterocycles. The van der Waals surface area contributed by atoms with Crippen LogP contribution in [0.2, 0.25) is 0 Å². The molecule has 3 amide bonds. The molecule has 2 aromatic rings. The van der Waals surface area contributed by atoms with Gasteiger partial charge in [0.25, 0.3) is 0 Å². The molecule has 208 valence electrons. The van der Waals surface area contributed by atoms with E-state index in [4.69, 9.17) is 4.74 Å². The Morgan fingerprint density at radius 2 is 1.69 bits per heavy atom. The Labute approximate surface area is 230 Å². The highest BCUT2D eigenvalue weighted by Crippen LogP contribution is 2.65. The van der Waals surface area contributed by atoms with E-state index in [1.165, 1.54) is 4.90 Å². The molecule has 0 saturated carbocycles. The molecule has 3 N–H and O–H groups in total. The monoisotopic (exact) mass is 533 g/mol. The first kappa shape index (κ1) is 27.3. The number of hydrogen-bond donors (Lipinski definition) is 3. The number of para-hydroxylation sites is 1. The van der Waals surface area contributed by atoms with Gasteiger partial charge >= 0.3 is 0 Å². The number of nitrogens with zero attached hydrogens (tertiary/aromatic N) is 1.